The average Bonchev–Trinajstić information content (AvgIpc) is 2.54. The Balaban J connectivity index is 2.51. The van der Waals surface area contributed by atoms with E-state index < -0.39 is 11.4 Å². The van der Waals surface area contributed by atoms with Crippen molar-refractivity contribution in [3.63, 3.8) is 0 Å². The van der Waals surface area contributed by atoms with Crippen LogP contribution in [0.25, 0.3) is 0 Å². The van der Waals surface area contributed by atoms with Crippen molar-refractivity contribution >= 4 is 5.97 Å². The summed E-state index contributed by atoms with van der Waals surface area (Å²) in [5.74, 6) is -0.109. The Morgan fingerprint density at radius 2 is 2.58 bits per heavy atom. The van der Waals surface area contributed by atoms with Gasteiger partial charge in [0.25, 0.3) is 0 Å². The third-order valence-corrected chi connectivity index (χ3v) is 2.53. The van der Waals surface area contributed by atoms with E-state index in [9.17, 15) is 4.79 Å². The predicted octanol–water partition coefficient (Wildman–Crippen LogP) is 0.629. The van der Waals surface area contributed by atoms with Crippen molar-refractivity contribution < 1.29 is 9.90 Å². The largest absolute Gasteiger partial charge is 0.480 e. The van der Waals surface area contributed by atoms with E-state index >= 15 is 0 Å². The monoisotopic (exact) mass is 166 g/mol. The van der Waals surface area contributed by atoms with E-state index in [4.69, 9.17) is 5.11 Å². The van der Waals surface area contributed by atoms with Gasteiger partial charge in [0.2, 0.25) is 0 Å². The Labute approximate surface area is 69.8 Å². The Morgan fingerprint density at radius 1 is 1.83 bits per heavy atom. The quantitative estimate of drug-likeness (QED) is 0.665. The molecule has 1 aliphatic heterocycles. The molecular weight excluding hydrogens is 156 g/mol. The molecule has 0 amide bonds. The first-order chi connectivity index (χ1) is 5.64. The first kappa shape index (κ1) is 7.34. The third-order valence-electron chi connectivity index (χ3n) is 2.53. The van der Waals surface area contributed by atoms with Crippen LogP contribution in [0.3, 0.4) is 0 Å². The zero-order chi connectivity index (χ0) is 8.77. The molecule has 0 spiro atoms. The van der Waals surface area contributed by atoms with Gasteiger partial charge in [0.1, 0.15) is 11.2 Å². The van der Waals surface area contributed by atoms with Crippen molar-refractivity contribution in [1.82, 2.24) is 9.55 Å². The lowest BCUT2D eigenvalue weighted by Gasteiger charge is -2.15. The van der Waals surface area contributed by atoms with Crippen LogP contribution in [0, 0.1) is 0 Å². The fraction of sp³-hybridized carbons (Fsp3) is 0.500. The molecule has 4 heteroatoms. The summed E-state index contributed by atoms with van der Waals surface area (Å²) in [6.07, 6.45) is 4.12. The molecule has 0 radical (unpaired) electrons. The van der Waals surface area contributed by atoms with Gasteiger partial charge >= 0.3 is 5.97 Å². The highest BCUT2D eigenvalue weighted by Crippen LogP contribution is 2.32. The average molecular weight is 166 g/mol. The predicted molar refractivity (Wildman–Crippen MR) is 41.8 cm³/mol. The van der Waals surface area contributed by atoms with Gasteiger partial charge in [-0.3, -0.25) is 4.79 Å². The van der Waals surface area contributed by atoms with Crippen LogP contribution in [0.15, 0.2) is 12.4 Å². The van der Waals surface area contributed by atoms with E-state index in [-0.39, 0.29) is 0 Å². The number of fused-ring (bicyclic) bond motifs is 1. The number of aromatic nitrogens is 2. The van der Waals surface area contributed by atoms with Crippen molar-refractivity contribution in [1.29, 1.82) is 0 Å². The molecule has 1 aromatic heterocycles. The van der Waals surface area contributed by atoms with E-state index in [0.717, 1.165) is 6.54 Å². The number of imidazole rings is 1. The maximum absolute atomic E-state index is 10.9. The van der Waals surface area contributed by atoms with Gasteiger partial charge in [0.15, 0.2) is 0 Å². The summed E-state index contributed by atoms with van der Waals surface area (Å²) in [6, 6.07) is 0. The minimum Gasteiger partial charge on any atom is -0.480 e. The first-order valence-electron chi connectivity index (χ1n) is 3.89. The van der Waals surface area contributed by atoms with Gasteiger partial charge in [0, 0.05) is 18.9 Å². The highest BCUT2D eigenvalue weighted by atomic mass is 16.4. The van der Waals surface area contributed by atoms with Gasteiger partial charge < -0.3 is 9.67 Å². The molecule has 0 aliphatic carbocycles. The SMILES string of the molecule is CC1(C(=O)O)CCn2ccnc21. The molecule has 0 saturated carbocycles. The first-order valence-corrected chi connectivity index (χ1v) is 3.89. The number of carbonyl (C=O) groups is 1. The lowest BCUT2D eigenvalue weighted by molar-refractivity contribution is -0.143. The molecule has 1 aliphatic rings. The van der Waals surface area contributed by atoms with Gasteiger partial charge in [-0.2, -0.15) is 0 Å². The Kier molecular flexibility index (Phi) is 1.28. The van der Waals surface area contributed by atoms with Gasteiger partial charge in [-0.1, -0.05) is 0 Å². The van der Waals surface area contributed by atoms with Crippen LogP contribution < -0.4 is 0 Å². The Morgan fingerprint density at radius 3 is 3.25 bits per heavy atom. The van der Waals surface area contributed by atoms with Crippen molar-refractivity contribution in [3.8, 4) is 0 Å². The van der Waals surface area contributed by atoms with Crippen LogP contribution in [0.5, 0.6) is 0 Å². The highest BCUT2D eigenvalue weighted by Gasteiger charge is 2.42. The number of nitrogens with zero attached hydrogens (tertiary/aromatic N) is 2. The number of aryl methyl sites for hydroxylation is 1. The fourth-order valence-electron chi connectivity index (χ4n) is 1.63. The maximum Gasteiger partial charge on any atom is 0.317 e. The van der Waals surface area contributed by atoms with Crippen molar-refractivity contribution in [2.45, 2.75) is 25.3 Å². The van der Waals surface area contributed by atoms with Gasteiger partial charge in [-0.05, 0) is 13.3 Å². The normalized spacial score (nSPS) is 27.1. The minimum atomic E-state index is -0.785. The van der Waals surface area contributed by atoms with Crippen LogP contribution >= 0.6 is 0 Å². The molecule has 0 bridgehead atoms. The summed E-state index contributed by atoms with van der Waals surface area (Å²) >= 11 is 0. The Hall–Kier alpha value is -1.32. The second kappa shape index (κ2) is 2.09. The number of carboxylic acid groups (broad SMARTS) is 1. The molecule has 0 fully saturated rings. The molecule has 1 atom stereocenters. The van der Waals surface area contributed by atoms with E-state index in [2.05, 4.69) is 4.98 Å². The number of hydrogen-bond donors (Lipinski definition) is 1. The van der Waals surface area contributed by atoms with Gasteiger partial charge in [0.05, 0.1) is 0 Å². The van der Waals surface area contributed by atoms with E-state index in [0.29, 0.717) is 12.2 Å². The van der Waals surface area contributed by atoms with E-state index in [1.54, 1.807) is 13.1 Å². The van der Waals surface area contributed by atoms with Crippen LogP contribution in [-0.4, -0.2) is 20.6 Å². The zero-order valence-corrected chi connectivity index (χ0v) is 6.82. The molecule has 12 heavy (non-hydrogen) atoms. The molecule has 1 aromatic rings. The fourth-order valence-corrected chi connectivity index (χ4v) is 1.63. The smallest absolute Gasteiger partial charge is 0.317 e. The molecule has 2 heterocycles. The number of carboxylic acids is 1. The second-order valence-electron chi connectivity index (χ2n) is 3.33. The number of aliphatic carboxylic acids is 1. The van der Waals surface area contributed by atoms with Crippen LogP contribution in [-0.2, 0) is 16.8 Å². The molecule has 1 unspecified atom stereocenters. The summed E-state index contributed by atoms with van der Waals surface area (Å²) in [5.41, 5.74) is -0.774. The highest BCUT2D eigenvalue weighted by molar-refractivity contribution is 5.80. The van der Waals surface area contributed by atoms with Gasteiger partial charge in [-0.15, -0.1) is 0 Å². The van der Waals surface area contributed by atoms with E-state index in [1.807, 2.05) is 10.8 Å². The van der Waals surface area contributed by atoms with Crippen LogP contribution in [0.2, 0.25) is 0 Å². The van der Waals surface area contributed by atoms with Crippen LogP contribution in [0.4, 0.5) is 0 Å². The topological polar surface area (TPSA) is 55.1 Å². The second-order valence-corrected chi connectivity index (χ2v) is 3.33. The summed E-state index contributed by atoms with van der Waals surface area (Å²) in [4.78, 5) is 15.0. The summed E-state index contributed by atoms with van der Waals surface area (Å²) in [6.45, 7) is 2.49. The molecule has 2 rings (SSSR count). The van der Waals surface area contributed by atoms with Crippen molar-refractivity contribution in [3.05, 3.63) is 18.2 Å². The number of rotatable bonds is 1. The Bertz CT molecular complexity index is 332. The molecule has 0 saturated heterocycles. The van der Waals surface area contributed by atoms with Crippen molar-refractivity contribution in [2.24, 2.45) is 0 Å². The van der Waals surface area contributed by atoms with E-state index in [1.165, 1.54) is 0 Å². The lowest BCUT2D eigenvalue weighted by atomic mass is 9.89. The standard InChI is InChI=1S/C8H10N2O2/c1-8(7(11)12)2-4-10-5-3-9-6(8)10/h3,5H,2,4H2,1H3,(H,11,12). The maximum atomic E-state index is 10.9. The number of hydrogen-bond acceptors (Lipinski definition) is 2. The third kappa shape index (κ3) is 0.719. The van der Waals surface area contributed by atoms with Gasteiger partial charge in [-0.25, -0.2) is 4.98 Å². The minimum absolute atomic E-state index is 0.644. The molecular formula is C8H10N2O2. The van der Waals surface area contributed by atoms with Crippen LogP contribution in [0.1, 0.15) is 19.2 Å². The molecule has 0 aromatic carbocycles. The summed E-state index contributed by atoms with van der Waals surface area (Å²) < 4.78 is 1.90. The molecule has 1 N–H and O–H groups in total. The lowest BCUT2D eigenvalue weighted by Crippen LogP contribution is -2.30. The summed E-state index contributed by atoms with van der Waals surface area (Å²) in [7, 11) is 0. The van der Waals surface area contributed by atoms with Crippen molar-refractivity contribution in [2.75, 3.05) is 0 Å². The zero-order valence-electron chi connectivity index (χ0n) is 6.82. The summed E-state index contributed by atoms with van der Waals surface area (Å²) in [5, 5.41) is 8.98. The molecule has 64 valence electrons. The molecule has 4 nitrogen and oxygen atoms in total.